The van der Waals surface area contributed by atoms with Crippen LogP contribution in [0, 0.1) is 0 Å². The van der Waals surface area contributed by atoms with Crippen LogP contribution in [0.1, 0.15) is 107 Å². The molecule has 0 aliphatic heterocycles. The second-order valence-electron chi connectivity index (χ2n) is 8.36. The minimum Gasteiger partial charge on any atom is -0.545 e. The summed E-state index contributed by atoms with van der Waals surface area (Å²) < 4.78 is 2.29. The molecule has 2 aromatic rings. The van der Waals surface area contributed by atoms with Crippen molar-refractivity contribution in [1.29, 1.82) is 0 Å². The molecular weight excluding hydrogens is 382 g/mol. The Bertz CT molecular complexity index is 643. The van der Waals surface area contributed by atoms with E-state index in [0.717, 1.165) is 0 Å². The van der Waals surface area contributed by atoms with Crippen LogP contribution in [0.5, 0.6) is 0 Å². The number of carboxylic acids is 1. The first-order chi connectivity index (χ1) is 15.2. The van der Waals surface area contributed by atoms with E-state index in [1.807, 2.05) is 0 Å². The zero-order valence-electron chi connectivity index (χ0n) is 19.6. The lowest BCUT2D eigenvalue weighted by atomic mass is 10.0. The molecule has 0 fully saturated rings. The topological polar surface area (TPSA) is 44.0 Å². The van der Waals surface area contributed by atoms with Gasteiger partial charge >= 0.3 is 0 Å². The van der Waals surface area contributed by atoms with Crippen molar-refractivity contribution in [3.63, 3.8) is 0 Å². The fraction of sp³-hybridized carbons (Fsp3) is 0.571. The molecule has 1 aromatic carbocycles. The maximum Gasteiger partial charge on any atom is 0.168 e. The summed E-state index contributed by atoms with van der Waals surface area (Å²) in [6.07, 6.45) is 24.4. The number of carboxylic acid groups (broad SMARTS) is 1. The van der Waals surface area contributed by atoms with Gasteiger partial charge in [0, 0.05) is 18.6 Å². The number of carbonyl (C=O) groups excluding carboxylic acids is 1. The average molecular weight is 426 g/mol. The number of aromatic carboxylic acids is 1. The van der Waals surface area contributed by atoms with Crippen molar-refractivity contribution >= 4 is 5.97 Å². The highest BCUT2D eigenvalue weighted by Crippen LogP contribution is 2.12. The van der Waals surface area contributed by atoms with Gasteiger partial charge in [0.25, 0.3) is 0 Å². The van der Waals surface area contributed by atoms with E-state index in [4.69, 9.17) is 0 Å². The van der Waals surface area contributed by atoms with Crippen LogP contribution in [0.15, 0.2) is 60.9 Å². The first-order valence-corrected chi connectivity index (χ1v) is 12.4. The van der Waals surface area contributed by atoms with Crippen LogP contribution >= 0.6 is 0 Å². The van der Waals surface area contributed by atoms with Crippen molar-refractivity contribution < 1.29 is 14.5 Å². The highest BCUT2D eigenvalue weighted by Gasteiger charge is 1.98. The predicted molar refractivity (Wildman–Crippen MR) is 128 cm³/mol. The zero-order chi connectivity index (χ0) is 22.4. The number of benzene rings is 1. The van der Waals surface area contributed by atoms with E-state index in [1.165, 1.54) is 109 Å². The highest BCUT2D eigenvalue weighted by molar-refractivity contribution is 5.85. The Morgan fingerprint density at radius 3 is 1.48 bits per heavy atom. The van der Waals surface area contributed by atoms with E-state index in [9.17, 15) is 9.90 Å². The number of hydrogen-bond donors (Lipinski definition) is 0. The molecule has 0 bridgehead atoms. The lowest BCUT2D eigenvalue weighted by molar-refractivity contribution is -0.697. The van der Waals surface area contributed by atoms with E-state index in [2.05, 4.69) is 42.1 Å². The van der Waals surface area contributed by atoms with Crippen molar-refractivity contribution in [1.82, 2.24) is 0 Å². The van der Waals surface area contributed by atoms with E-state index < -0.39 is 5.97 Å². The van der Waals surface area contributed by atoms with Crippen LogP contribution in [0.25, 0.3) is 0 Å². The Morgan fingerprint density at radius 2 is 1.06 bits per heavy atom. The molecule has 0 unspecified atom stereocenters. The Balaban J connectivity index is 0.000000442. The quantitative estimate of drug-likeness (QED) is 0.227. The average Bonchev–Trinajstić information content (AvgIpc) is 2.81. The molecule has 0 aliphatic rings. The molecule has 3 nitrogen and oxygen atoms in total. The van der Waals surface area contributed by atoms with Crippen molar-refractivity contribution in [3.05, 3.63) is 66.5 Å². The molecule has 0 atom stereocenters. The number of aromatic nitrogens is 1. The Morgan fingerprint density at radius 1 is 0.645 bits per heavy atom. The van der Waals surface area contributed by atoms with Gasteiger partial charge in [0.15, 0.2) is 12.4 Å². The summed E-state index contributed by atoms with van der Waals surface area (Å²) in [7, 11) is 0. The van der Waals surface area contributed by atoms with Gasteiger partial charge in [-0.15, -0.1) is 0 Å². The Hall–Kier alpha value is -2.16. The van der Waals surface area contributed by atoms with Crippen LogP contribution in [-0.4, -0.2) is 5.97 Å². The molecular formula is C28H43NO2. The monoisotopic (exact) mass is 425 g/mol. The summed E-state index contributed by atoms with van der Waals surface area (Å²) in [5.41, 5.74) is 0.220. The maximum atomic E-state index is 10.1. The van der Waals surface area contributed by atoms with Gasteiger partial charge in [-0.3, -0.25) is 0 Å². The first kappa shape index (κ1) is 26.9. The minimum absolute atomic E-state index is 0.220. The molecule has 0 radical (unpaired) electrons. The van der Waals surface area contributed by atoms with Gasteiger partial charge in [-0.25, -0.2) is 4.57 Å². The predicted octanol–water partition coefficient (Wildman–Crippen LogP) is 6.51. The van der Waals surface area contributed by atoms with Gasteiger partial charge in [-0.05, 0) is 12.0 Å². The number of carbonyl (C=O) groups is 1. The third-order valence-corrected chi connectivity index (χ3v) is 5.56. The molecule has 1 aromatic heterocycles. The summed E-state index contributed by atoms with van der Waals surface area (Å²) in [5.74, 6) is -1.13. The normalized spacial score (nSPS) is 10.4. The van der Waals surface area contributed by atoms with Crippen LogP contribution in [0.2, 0.25) is 0 Å². The number of pyridine rings is 1. The summed E-state index contributed by atoms with van der Waals surface area (Å²) in [5, 5.41) is 10.1. The standard InChI is InChI=1S/C21H38N.C7H6O2/c1-2-3-4-5-6-7-8-9-10-11-12-13-14-16-19-22-20-17-15-18-21-22;8-7(9)6-4-2-1-3-5-6/h15,17-18,20-21H,2-14,16,19H2,1H3;1-5H,(H,8,9)/q+1;/p-1. The number of rotatable bonds is 16. The number of hydrogen-bond acceptors (Lipinski definition) is 2. The lowest BCUT2D eigenvalue weighted by Gasteiger charge is -2.02. The number of aryl methyl sites for hydroxylation is 1. The molecule has 0 saturated heterocycles. The minimum atomic E-state index is -1.13. The van der Waals surface area contributed by atoms with Gasteiger partial charge in [0.05, 0.1) is 5.97 Å². The second-order valence-corrected chi connectivity index (χ2v) is 8.36. The van der Waals surface area contributed by atoms with Crippen molar-refractivity contribution in [2.24, 2.45) is 0 Å². The number of unbranched alkanes of at least 4 members (excludes halogenated alkanes) is 13. The summed E-state index contributed by atoms with van der Waals surface area (Å²) in [6, 6.07) is 14.4. The van der Waals surface area contributed by atoms with E-state index in [1.54, 1.807) is 18.2 Å². The molecule has 1 heterocycles. The molecule has 2 rings (SSSR count). The fourth-order valence-electron chi connectivity index (χ4n) is 3.65. The van der Waals surface area contributed by atoms with Gasteiger partial charge in [0.1, 0.15) is 6.54 Å². The van der Waals surface area contributed by atoms with Gasteiger partial charge in [-0.2, -0.15) is 0 Å². The zero-order valence-corrected chi connectivity index (χ0v) is 19.6. The van der Waals surface area contributed by atoms with Gasteiger partial charge in [0.2, 0.25) is 0 Å². The molecule has 0 saturated carbocycles. The third kappa shape index (κ3) is 16.2. The van der Waals surface area contributed by atoms with Crippen molar-refractivity contribution in [2.75, 3.05) is 0 Å². The van der Waals surface area contributed by atoms with Crippen molar-refractivity contribution in [3.8, 4) is 0 Å². The largest absolute Gasteiger partial charge is 0.545 e. The van der Waals surface area contributed by atoms with Gasteiger partial charge in [-0.1, -0.05) is 120 Å². The van der Waals surface area contributed by atoms with E-state index in [-0.39, 0.29) is 5.56 Å². The summed E-state index contributed by atoms with van der Waals surface area (Å²) in [4.78, 5) is 10.1. The fourth-order valence-corrected chi connectivity index (χ4v) is 3.65. The maximum absolute atomic E-state index is 10.1. The Labute approximate surface area is 190 Å². The van der Waals surface area contributed by atoms with Crippen LogP contribution < -0.4 is 9.67 Å². The van der Waals surface area contributed by atoms with Crippen LogP contribution in [-0.2, 0) is 6.54 Å². The molecule has 0 amide bonds. The Kier molecular flexibility index (Phi) is 17.2. The molecule has 0 spiro atoms. The molecule has 31 heavy (non-hydrogen) atoms. The third-order valence-electron chi connectivity index (χ3n) is 5.56. The second kappa shape index (κ2) is 19.8. The molecule has 172 valence electrons. The summed E-state index contributed by atoms with van der Waals surface area (Å²) >= 11 is 0. The SMILES string of the molecule is CCCCCCCCCCCCCCCC[n+]1ccccc1.O=C([O-])c1ccccc1. The van der Waals surface area contributed by atoms with E-state index in [0.29, 0.717) is 0 Å². The summed E-state index contributed by atoms with van der Waals surface area (Å²) in [6.45, 7) is 3.47. The highest BCUT2D eigenvalue weighted by atomic mass is 16.4. The van der Waals surface area contributed by atoms with Crippen LogP contribution in [0.4, 0.5) is 0 Å². The van der Waals surface area contributed by atoms with Crippen molar-refractivity contribution in [2.45, 2.75) is 103 Å². The lowest BCUT2D eigenvalue weighted by Crippen LogP contribution is -2.32. The van der Waals surface area contributed by atoms with E-state index >= 15 is 0 Å². The van der Waals surface area contributed by atoms with Gasteiger partial charge < -0.3 is 9.90 Å². The molecule has 3 heteroatoms. The first-order valence-electron chi connectivity index (χ1n) is 12.4. The molecule has 0 N–H and O–H groups in total. The number of nitrogens with zero attached hydrogens (tertiary/aromatic N) is 1. The molecule has 0 aliphatic carbocycles. The smallest absolute Gasteiger partial charge is 0.168 e. The van der Waals surface area contributed by atoms with Crippen LogP contribution in [0.3, 0.4) is 0 Å².